The first-order valence-corrected chi connectivity index (χ1v) is 4.86. The first kappa shape index (κ1) is 11.0. The summed E-state index contributed by atoms with van der Waals surface area (Å²) >= 11 is 3.04. The van der Waals surface area contributed by atoms with Gasteiger partial charge in [0.15, 0.2) is 0 Å². The molecule has 0 bridgehead atoms. The van der Waals surface area contributed by atoms with Crippen molar-refractivity contribution >= 4 is 27.5 Å². The lowest BCUT2D eigenvalue weighted by molar-refractivity contribution is -0.117. The van der Waals surface area contributed by atoms with E-state index in [0.29, 0.717) is 16.7 Å². The van der Waals surface area contributed by atoms with Crippen molar-refractivity contribution in [2.75, 3.05) is 11.9 Å². The second-order valence-corrected chi connectivity index (χ2v) is 3.63. The van der Waals surface area contributed by atoms with E-state index in [2.05, 4.69) is 21.2 Å². The summed E-state index contributed by atoms with van der Waals surface area (Å²) in [6, 6.07) is 4.67. The van der Waals surface area contributed by atoms with E-state index in [0.717, 1.165) is 0 Å². The first-order chi connectivity index (χ1) is 6.59. The Kier molecular flexibility index (Phi) is 3.88. The molecule has 0 fully saturated rings. The molecule has 5 heteroatoms. The van der Waals surface area contributed by atoms with Crippen LogP contribution in [0.2, 0.25) is 0 Å². The van der Waals surface area contributed by atoms with E-state index < -0.39 is 0 Å². The monoisotopic (exact) mass is 260 g/mol. The lowest BCUT2D eigenvalue weighted by Gasteiger charge is -2.05. The van der Waals surface area contributed by atoms with Gasteiger partial charge >= 0.3 is 0 Å². The molecular formula is C9H10BrFN2O. The SMILES string of the molecule is NC(=O)CCNc1ccc(Br)c(F)c1. The van der Waals surface area contributed by atoms with Gasteiger partial charge in [-0.25, -0.2) is 4.39 Å². The summed E-state index contributed by atoms with van der Waals surface area (Å²) in [4.78, 5) is 10.4. The highest BCUT2D eigenvalue weighted by molar-refractivity contribution is 9.10. The van der Waals surface area contributed by atoms with Gasteiger partial charge in [0, 0.05) is 18.7 Å². The van der Waals surface area contributed by atoms with Crippen LogP contribution in [-0.2, 0) is 4.79 Å². The zero-order valence-electron chi connectivity index (χ0n) is 7.39. The maximum Gasteiger partial charge on any atom is 0.219 e. The standard InChI is InChI=1S/C9H10BrFN2O/c10-7-2-1-6(5-8(7)11)13-4-3-9(12)14/h1-2,5,13H,3-4H2,(H2,12,14). The van der Waals surface area contributed by atoms with Crippen LogP contribution in [-0.4, -0.2) is 12.5 Å². The van der Waals surface area contributed by atoms with Crippen molar-refractivity contribution < 1.29 is 9.18 Å². The predicted molar refractivity (Wildman–Crippen MR) is 56.4 cm³/mol. The molecule has 1 aromatic carbocycles. The first-order valence-electron chi connectivity index (χ1n) is 4.07. The summed E-state index contributed by atoms with van der Waals surface area (Å²) in [5, 5.41) is 2.88. The molecule has 0 heterocycles. The summed E-state index contributed by atoms with van der Waals surface area (Å²) in [5.41, 5.74) is 5.58. The largest absolute Gasteiger partial charge is 0.384 e. The normalized spacial score (nSPS) is 9.86. The van der Waals surface area contributed by atoms with E-state index in [4.69, 9.17) is 5.73 Å². The lowest BCUT2D eigenvalue weighted by atomic mass is 10.3. The molecule has 0 aromatic heterocycles. The highest BCUT2D eigenvalue weighted by Crippen LogP contribution is 2.19. The van der Waals surface area contributed by atoms with Crippen molar-refractivity contribution in [2.24, 2.45) is 5.73 Å². The minimum atomic E-state index is -0.380. The van der Waals surface area contributed by atoms with Crippen molar-refractivity contribution in [3.05, 3.63) is 28.5 Å². The van der Waals surface area contributed by atoms with Crippen molar-refractivity contribution in [3.63, 3.8) is 0 Å². The van der Waals surface area contributed by atoms with Crippen LogP contribution in [0.4, 0.5) is 10.1 Å². The summed E-state index contributed by atoms with van der Waals surface area (Å²) in [6.45, 7) is 0.413. The Balaban J connectivity index is 2.51. The molecule has 1 aromatic rings. The van der Waals surface area contributed by atoms with E-state index in [1.165, 1.54) is 6.07 Å². The van der Waals surface area contributed by atoms with E-state index in [1.54, 1.807) is 12.1 Å². The van der Waals surface area contributed by atoms with Crippen LogP contribution < -0.4 is 11.1 Å². The molecule has 0 aliphatic carbocycles. The van der Waals surface area contributed by atoms with Crippen molar-refractivity contribution in [1.29, 1.82) is 0 Å². The van der Waals surface area contributed by atoms with Gasteiger partial charge < -0.3 is 11.1 Å². The molecule has 1 rings (SSSR count). The molecule has 14 heavy (non-hydrogen) atoms. The Morgan fingerprint density at radius 3 is 2.86 bits per heavy atom. The second kappa shape index (κ2) is 4.95. The quantitative estimate of drug-likeness (QED) is 0.869. The average Bonchev–Trinajstić information content (AvgIpc) is 2.10. The molecule has 0 radical (unpaired) electrons. The number of primary amides is 1. The molecule has 0 aliphatic rings. The number of nitrogens with two attached hydrogens (primary N) is 1. The number of halogens is 2. The molecule has 3 nitrogen and oxygen atoms in total. The topological polar surface area (TPSA) is 55.1 Å². The van der Waals surface area contributed by atoms with Gasteiger partial charge in [0.05, 0.1) is 4.47 Å². The molecule has 76 valence electrons. The Labute approximate surface area is 89.6 Å². The Hall–Kier alpha value is -1.10. The highest BCUT2D eigenvalue weighted by Gasteiger charge is 2.00. The summed E-state index contributed by atoms with van der Waals surface area (Å²) in [6.07, 6.45) is 0.234. The zero-order valence-corrected chi connectivity index (χ0v) is 8.97. The third-order valence-electron chi connectivity index (χ3n) is 1.62. The van der Waals surface area contributed by atoms with Crippen molar-refractivity contribution in [3.8, 4) is 0 Å². The number of carbonyl (C=O) groups excluding carboxylic acids is 1. The number of rotatable bonds is 4. The molecule has 0 saturated carbocycles. The predicted octanol–water partition coefficient (Wildman–Crippen LogP) is 1.88. The van der Waals surface area contributed by atoms with Crippen LogP contribution >= 0.6 is 15.9 Å². The molecule has 3 N–H and O–H groups in total. The number of hydrogen-bond acceptors (Lipinski definition) is 2. The molecule has 0 unspecified atom stereocenters. The third-order valence-corrected chi connectivity index (χ3v) is 2.26. The molecule has 0 saturated heterocycles. The van der Waals surface area contributed by atoms with Crippen LogP contribution in [0.5, 0.6) is 0 Å². The number of hydrogen-bond donors (Lipinski definition) is 2. The van der Waals surface area contributed by atoms with Gasteiger partial charge in [-0.15, -0.1) is 0 Å². The van der Waals surface area contributed by atoms with Crippen LogP contribution in [0.25, 0.3) is 0 Å². The minimum absolute atomic E-state index is 0.234. The number of carbonyl (C=O) groups is 1. The Morgan fingerprint density at radius 1 is 1.57 bits per heavy atom. The average molecular weight is 261 g/mol. The second-order valence-electron chi connectivity index (χ2n) is 2.77. The smallest absolute Gasteiger partial charge is 0.219 e. The van der Waals surface area contributed by atoms with Gasteiger partial charge in [0.1, 0.15) is 5.82 Å². The summed E-state index contributed by atoms with van der Waals surface area (Å²) in [7, 11) is 0. The van der Waals surface area contributed by atoms with Gasteiger partial charge in [0.2, 0.25) is 5.91 Å². The number of benzene rings is 1. The van der Waals surface area contributed by atoms with Crippen LogP contribution in [0, 0.1) is 5.82 Å². The fourth-order valence-corrected chi connectivity index (χ4v) is 1.18. The highest BCUT2D eigenvalue weighted by atomic mass is 79.9. The fourth-order valence-electron chi connectivity index (χ4n) is 0.936. The number of anilines is 1. The Morgan fingerprint density at radius 2 is 2.29 bits per heavy atom. The maximum absolute atomic E-state index is 13.0. The molecular weight excluding hydrogens is 251 g/mol. The lowest BCUT2D eigenvalue weighted by Crippen LogP contribution is -2.15. The molecule has 0 spiro atoms. The van der Waals surface area contributed by atoms with E-state index >= 15 is 0 Å². The molecule has 0 atom stereocenters. The van der Waals surface area contributed by atoms with Crippen LogP contribution in [0.3, 0.4) is 0 Å². The van der Waals surface area contributed by atoms with Gasteiger partial charge in [0.25, 0.3) is 0 Å². The fraction of sp³-hybridized carbons (Fsp3) is 0.222. The van der Waals surface area contributed by atoms with Crippen molar-refractivity contribution in [1.82, 2.24) is 0 Å². The minimum Gasteiger partial charge on any atom is -0.384 e. The van der Waals surface area contributed by atoms with E-state index in [9.17, 15) is 9.18 Å². The number of nitrogens with one attached hydrogen (secondary N) is 1. The summed E-state index contributed by atoms with van der Waals surface area (Å²) < 4.78 is 13.4. The molecule has 0 aliphatic heterocycles. The summed E-state index contributed by atoms with van der Waals surface area (Å²) in [5.74, 6) is -0.718. The van der Waals surface area contributed by atoms with E-state index in [1.807, 2.05) is 0 Å². The van der Waals surface area contributed by atoms with Crippen molar-refractivity contribution in [2.45, 2.75) is 6.42 Å². The van der Waals surface area contributed by atoms with Crippen LogP contribution in [0.15, 0.2) is 22.7 Å². The third kappa shape index (κ3) is 3.33. The van der Waals surface area contributed by atoms with Gasteiger partial charge in [-0.05, 0) is 34.1 Å². The molecule has 1 amide bonds. The van der Waals surface area contributed by atoms with Crippen LogP contribution in [0.1, 0.15) is 6.42 Å². The Bertz CT molecular complexity index is 344. The van der Waals surface area contributed by atoms with Gasteiger partial charge in [-0.2, -0.15) is 0 Å². The number of amides is 1. The maximum atomic E-state index is 13.0. The van der Waals surface area contributed by atoms with E-state index in [-0.39, 0.29) is 18.1 Å². The zero-order chi connectivity index (χ0) is 10.6. The van der Waals surface area contributed by atoms with Gasteiger partial charge in [-0.3, -0.25) is 4.79 Å². The van der Waals surface area contributed by atoms with Gasteiger partial charge in [-0.1, -0.05) is 0 Å².